The summed E-state index contributed by atoms with van der Waals surface area (Å²) in [6.07, 6.45) is 2.10. The molecule has 0 fully saturated rings. The summed E-state index contributed by atoms with van der Waals surface area (Å²) in [5.74, 6) is 0.200. The van der Waals surface area contributed by atoms with Crippen molar-refractivity contribution in [3.05, 3.63) is 11.9 Å². The second-order valence-electron chi connectivity index (χ2n) is 5.17. The number of rotatable bonds is 7. The maximum Gasteiger partial charge on any atom is 0.140 e. The molecule has 1 heterocycles. The number of ether oxygens (including phenoxy) is 1. The van der Waals surface area contributed by atoms with Gasteiger partial charge in [0.25, 0.3) is 0 Å². The van der Waals surface area contributed by atoms with Crippen LogP contribution in [-0.2, 0) is 22.7 Å². The average molecular weight is 255 g/mol. The third-order valence-corrected chi connectivity index (χ3v) is 2.52. The Hall–Kier alpha value is -1.27. The number of aromatic nitrogens is 3. The van der Waals surface area contributed by atoms with E-state index >= 15 is 0 Å². The van der Waals surface area contributed by atoms with Crippen molar-refractivity contribution in [1.82, 2.24) is 15.0 Å². The van der Waals surface area contributed by atoms with Crippen LogP contribution in [0, 0.1) is 5.41 Å². The second-order valence-corrected chi connectivity index (χ2v) is 5.17. The van der Waals surface area contributed by atoms with Crippen molar-refractivity contribution >= 4 is 5.78 Å². The normalized spacial score (nSPS) is 11.8. The van der Waals surface area contributed by atoms with Crippen molar-refractivity contribution in [2.75, 3.05) is 13.2 Å². The van der Waals surface area contributed by atoms with Crippen LogP contribution in [0.15, 0.2) is 6.20 Å². The molecule has 0 saturated carbocycles. The summed E-state index contributed by atoms with van der Waals surface area (Å²) in [6, 6.07) is 0. The summed E-state index contributed by atoms with van der Waals surface area (Å²) >= 11 is 0. The van der Waals surface area contributed by atoms with Gasteiger partial charge in [-0.3, -0.25) is 4.79 Å². The molecule has 0 aromatic carbocycles. The van der Waals surface area contributed by atoms with E-state index in [1.54, 1.807) is 10.9 Å². The van der Waals surface area contributed by atoms with E-state index in [1.807, 2.05) is 20.8 Å². The fourth-order valence-electron chi connectivity index (χ4n) is 1.32. The van der Waals surface area contributed by atoms with Gasteiger partial charge in [-0.2, -0.15) is 0 Å². The van der Waals surface area contributed by atoms with Crippen molar-refractivity contribution in [3.63, 3.8) is 0 Å². The van der Waals surface area contributed by atoms with Gasteiger partial charge < -0.3 is 9.84 Å². The fourth-order valence-corrected chi connectivity index (χ4v) is 1.32. The topological polar surface area (TPSA) is 77.2 Å². The molecule has 6 heteroatoms. The molecule has 0 atom stereocenters. The van der Waals surface area contributed by atoms with Gasteiger partial charge in [-0.15, -0.1) is 5.10 Å². The number of carbonyl (C=O) groups excluding carboxylic acids is 1. The number of aliphatic hydroxyl groups is 1. The lowest BCUT2D eigenvalue weighted by molar-refractivity contribution is -0.127. The molecule has 0 aliphatic carbocycles. The Bertz CT molecular complexity index is 382. The van der Waals surface area contributed by atoms with Crippen LogP contribution in [0.3, 0.4) is 0 Å². The quantitative estimate of drug-likeness (QED) is 0.729. The molecule has 6 nitrogen and oxygen atoms in total. The highest BCUT2D eigenvalue weighted by atomic mass is 16.5. The molecule has 0 radical (unpaired) electrons. The zero-order valence-electron chi connectivity index (χ0n) is 11.2. The van der Waals surface area contributed by atoms with Crippen molar-refractivity contribution in [3.8, 4) is 0 Å². The number of aliphatic hydroxyl groups excluding tert-OH is 1. The highest BCUT2D eigenvalue weighted by molar-refractivity contribution is 5.83. The van der Waals surface area contributed by atoms with Crippen molar-refractivity contribution in [2.45, 2.75) is 40.3 Å². The van der Waals surface area contributed by atoms with Crippen LogP contribution in [0.25, 0.3) is 0 Å². The predicted octanol–water partition coefficient (Wildman–Crippen LogP) is 0.792. The maximum atomic E-state index is 11.6. The van der Waals surface area contributed by atoms with Gasteiger partial charge in [-0.05, 0) is 0 Å². The minimum absolute atomic E-state index is 0.110. The van der Waals surface area contributed by atoms with Crippen LogP contribution < -0.4 is 0 Å². The Morgan fingerprint density at radius 3 is 2.72 bits per heavy atom. The van der Waals surface area contributed by atoms with E-state index in [4.69, 9.17) is 9.84 Å². The standard InChI is InChI=1S/C12H21N3O3/c1-12(2,3)11(17)4-6-18-7-5-15-8-10(9-16)13-14-15/h8,16H,4-7,9H2,1-3H3. The number of hydrogen-bond acceptors (Lipinski definition) is 5. The highest BCUT2D eigenvalue weighted by Gasteiger charge is 2.20. The van der Waals surface area contributed by atoms with E-state index in [9.17, 15) is 4.79 Å². The molecule has 18 heavy (non-hydrogen) atoms. The molecule has 1 N–H and O–H groups in total. The first kappa shape index (κ1) is 14.8. The van der Waals surface area contributed by atoms with Gasteiger partial charge >= 0.3 is 0 Å². The van der Waals surface area contributed by atoms with Crippen molar-refractivity contribution < 1.29 is 14.6 Å². The summed E-state index contributed by atoms with van der Waals surface area (Å²) in [4.78, 5) is 11.6. The highest BCUT2D eigenvalue weighted by Crippen LogP contribution is 2.16. The Morgan fingerprint density at radius 1 is 1.44 bits per heavy atom. The molecule has 102 valence electrons. The molecular formula is C12H21N3O3. The van der Waals surface area contributed by atoms with Gasteiger partial charge in [-0.25, -0.2) is 4.68 Å². The largest absolute Gasteiger partial charge is 0.390 e. The van der Waals surface area contributed by atoms with E-state index in [0.717, 1.165) is 0 Å². The van der Waals surface area contributed by atoms with Gasteiger partial charge in [0.15, 0.2) is 0 Å². The number of ketones is 1. The SMILES string of the molecule is CC(C)(C)C(=O)CCOCCn1cc(CO)nn1. The zero-order chi connectivity index (χ0) is 13.6. The molecule has 0 amide bonds. The van der Waals surface area contributed by atoms with Crippen LogP contribution in [0.2, 0.25) is 0 Å². The number of nitrogens with zero attached hydrogens (tertiary/aromatic N) is 3. The molecule has 0 aliphatic rings. The van der Waals surface area contributed by atoms with Gasteiger partial charge in [0.05, 0.1) is 32.6 Å². The summed E-state index contributed by atoms with van der Waals surface area (Å²) in [5, 5.41) is 16.4. The number of hydrogen-bond donors (Lipinski definition) is 1. The van der Waals surface area contributed by atoms with E-state index < -0.39 is 0 Å². The maximum absolute atomic E-state index is 11.6. The summed E-state index contributed by atoms with van der Waals surface area (Å²) < 4.78 is 6.98. The first-order valence-electron chi connectivity index (χ1n) is 6.04. The lowest BCUT2D eigenvalue weighted by Gasteiger charge is -2.16. The van der Waals surface area contributed by atoms with E-state index in [-0.39, 0.29) is 17.8 Å². The Morgan fingerprint density at radius 2 is 2.17 bits per heavy atom. The molecule has 0 aliphatic heterocycles. The van der Waals surface area contributed by atoms with Crippen LogP contribution in [0.1, 0.15) is 32.9 Å². The minimum atomic E-state index is -0.300. The van der Waals surface area contributed by atoms with Crippen LogP contribution >= 0.6 is 0 Å². The number of carbonyl (C=O) groups is 1. The van der Waals surface area contributed by atoms with Crippen LogP contribution in [-0.4, -0.2) is 39.1 Å². The summed E-state index contributed by atoms with van der Waals surface area (Å²) in [5.41, 5.74) is 0.239. The molecular weight excluding hydrogens is 234 g/mol. The molecule has 0 saturated heterocycles. The van der Waals surface area contributed by atoms with E-state index in [2.05, 4.69) is 10.3 Å². The predicted molar refractivity (Wildman–Crippen MR) is 65.8 cm³/mol. The fraction of sp³-hybridized carbons (Fsp3) is 0.750. The first-order chi connectivity index (χ1) is 8.43. The Kier molecular flexibility index (Phi) is 5.43. The lowest BCUT2D eigenvalue weighted by Crippen LogP contribution is -2.21. The Balaban J connectivity index is 2.14. The second kappa shape index (κ2) is 6.61. The van der Waals surface area contributed by atoms with Crippen molar-refractivity contribution in [1.29, 1.82) is 0 Å². The number of Topliss-reactive ketones (excluding diaryl/α,β-unsaturated/α-hetero) is 1. The lowest BCUT2D eigenvalue weighted by atomic mass is 9.89. The molecule has 0 unspecified atom stereocenters. The van der Waals surface area contributed by atoms with Gasteiger partial charge in [0.2, 0.25) is 0 Å². The smallest absolute Gasteiger partial charge is 0.140 e. The summed E-state index contributed by atoms with van der Waals surface area (Å²) in [6.45, 7) is 7.07. The zero-order valence-corrected chi connectivity index (χ0v) is 11.2. The molecule has 1 aromatic rings. The van der Waals surface area contributed by atoms with E-state index in [1.165, 1.54) is 0 Å². The molecule has 1 aromatic heterocycles. The monoisotopic (exact) mass is 255 g/mol. The third-order valence-electron chi connectivity index (χ3n) is 2.52. The van der Waals surface area contributed by atoms with Gasteiger partial charge in [0, 0.05) is 11.8 Å². The molecule has 1 rings (SSSR count). The average Bonchev–Trinajstić information content (AvgIpc) is 2.75. The third kappa shape index (κ3) is 4.93. The van der Waals surface area contributed by atoms with Crippen molar-refractivity contribution in [2.24, 2.45) is 5.41 Å². The summed E-state index contributed by atoms with van der Waals surface area (Å²) in [7, 11) is 0. The molecule has 0 bridgehead atoms. The Labute approximate surface area is 107 Å². The first-order valence-corrected chi connectivity index (χ1v) is 6.04. The van der Waals surface area contributed by atoms with Crippen LogP contribution in [0.5, 0.6) is 0 Å². The van der Waals surface area contributed by atoms with Gasteiger partial charge in [0.1, 0.15) is 11.5 Å². The van der Waals surface area contributed by atoms with Gasteiger partial charge in [-0.1, -0.05) is 26.0 Å². The minimum Gasteiger partial charge on any atom is -0.390 e. The molecule has 0 spiro atoms. The van der Waals surface area contributed by atoms with Crippen LogP contribution in [0.4, 0.5) is 0 Å². The van der Waals surface area contributed by atoms with E-state index in [0.29, 0.717) is 31.9 Å².